The van der Waals surface area contributed by atoms with Crippen LogP contribution in [0.4, 0.5) is 4.79 Å². The summed E-state index contributed by atoms with van der Waals surface area (Å²) < 4.78 is 5.62. The van der Waals surface area contributed by atoms with E-state index in [1.807, 2.05) is 24.3 Å². The average Bonchev–Trinajstić information content (AvgIpc) is 3.39. The molecule has 0 aliphatic heterocycles. The summed E-state index contributed by atoms with van der Waals surface area (Å²) in [6, 6.07) is 16.2. The second kappa shape index (κ2) is 9.02. The fourth-order valence-electron chi connectivity index (χ4n) is 4.72. The van der Waals surface area contributed by atoms with Crippen LogP contribution in [0.2, 0.25) is 0 Å². The van der Waals surface area contributed by atoms with Crippen molar-refractivity contribution in [1.82, 2.24) is 10.6 Å². The van der Waals surface area contributed by atoms with E-state index in [9.17, 15) is 14.4 Å². The van der Waals surface area contributed by atoms with E-state index >= 15 is 0 Å². The summed E-state index contributed by atoms with van der Waals surface area (Å²) in [6.07, 6.45) is 2.00. The number of benzene rings is 2. The smallest absolute Gasteiger partial charge is 0.408 e. The maximum absolute atomic E-state index is 12.8. The molecule has 0 saturated heterocycles. The van der Waals surface area contributed by atoms with E-state index in [0.29, 0.717) is 12.8 Å². The summed E-state index contributed by atoms with van der Waals surface area (Å²) >= 11 is 0. The normalized spacial score (nSPS) is 17.2. The molecule has 0 radical (unpaired) electrons. The minimum Gasteiger partial charge on any atom is -0.481 e. The number of hydrogen-bond donors (Lipinski definition) is 3. The van der Waals surface area contributed by atoms with Crippen molar-refractivity contribution >= 4 is 18.0 Å². The second-order valence-electron chi connectivity index (χ2n) is 8.69. The molecule has 0 aromatic heterocycles. The number of aliphatic carboxylic acids is 1. The molecule has 168 valence electrons. The maximum Gasteiger partial charge on any atom is 0.408 e. The molecule has 7 nitrogen and oxygen atoms in total. The van der Waals surface area contributed by atoms with Gasteiger partial charge in [-0.15, -0.1) is 0 Å². The van der Waals surface area contributed by atoms with Gasteiger partial charge in [-0.2, -0.15) is 0 Å². The molecule has 2 amide bonds. The van der Waals surface area contributed by atoms with Gasteiger partial charge in [-0.25, -0.2) is 4.79 Å². The molecule has 1 atom stereocenters. The Kier molecular flexibility index (Phi) is 6.17. The number of carbonyl (C=O) groups is 3. The highest BCUT2D eigenvalue weighted by Gasteiger charge is 2.43. The fraction of sp³-hybridized carbons (Fsp3) is 0.400. The monoisotopic (exact) mass is 436 g/mol. The van der Waals surface area contributed by atoms with Crippen molar-refractivity contribution in [2.45, 2.75) is 44.1 Å². The van der Waals surface area contributed by atoms with E-state index in [2.05, 4.69) is 34.9 Å². The lowest BCUT2D eigenvalue weighted by atomic mass is 9.96. The Balaban J connectivity index is 1.42. The van der Waals surface area contributed by atoms with Gasteiger partial charge in [-0.1, -0.05) is 68.3 Å². The number of nitrogens with one attached hydrogen (secondary N) is 2. The van der Waals surface area contributed by atoms with Crippen molar-refractivity contribution in [3.8, 4) is 11.1 Å². The third-order valence-electron chi connectivity index (χ3n) is 6.57. The van der Waals surface area contributed by atoms with Crippen LogP contribution in [-0.2, 0) is 14.3 Å². The topological polar surface area (TPSA) is 105 Å². The number of ether oxygens (including phenoxy) is 1. The molecule has 2 aromatic rings. The standard InChI is InChI=1S/C25H28N2O5/c1-16(22(28)29)14-26-23(30)25(12-6-7-13-25)27-24(31)32-15-21-19-10-4-2-8-17(19)18-9-3-5-11-20(18)21/h2-5,8-11,16,21H,6-7,12-15H2,1H3,(H,26,30)(H,27,31)(H,28,29). The Labute approximate surface area is 187 Å². The first-order valence-corrected chi connectivity index (χ1v) is 11.1. The Bertz CT molecular complexity index is 983. The van der Waals surface area contributed by atoms with Crippen LogP contribution in [0.25, 0.3) is 11.1 Å². The SMILES string of the molecule is CC(CNC(=O)C1(NC(=O)OCC2c3ccccc3-c3ccccc32)CCCC1)C(=O)O. The van der Waals surface area contributed by atoms with Crippen molar-refractivity contribution in [2.24, 2.45) is 5.92 Å². The third kappa shape index (κ3) is 4.20. The molecule has 1 unspecified atom stereocenters. The highest BCUT2D eigenvalue weighted by atomic mass is 16.5. The minimum absolute atomic E-state index is 0.0162. The molecule has 7 heteroatoms. The Hall–Kier alpha value is -3.35. The van der Waals surface area contributed by atoms with Crippen molar-refractivity contribution in [1.29, 1.82) is 0 Å². The second-order valence-corrected chi connectivity index (χ2v) is 8.69. The van der Waals surface area contributed by atoms with Gasteiger partial charge >= 0.3 is 12.1 Å². The van der Waals surface area contributed by atoms with Gasteiger partial charge in [-0.3, -0.25) is 9.59 Å². The van der Waals surface area contributed by atoms with Crippen molar-refractivity contribution in [3.05, 3.63) is 59.7 Å². The molecule has 2 aromatic carbocycles. The summed E-state index contributed by atoms with van der Waals surface area (Å²) in [5, 5.41) is 14.5. The predicted octanol–water partition coefficient (Wildman–Crippen LogP) is 3.67. The van der Waals surface area contributed by atoms with E-state index in [1.54, 1.807) is 0 Å². The van der Waals surface area contributed by atoms with Crippen LogP contribution in [0.3, 0.4) is 0 Å². The Morgan fingerprint density at radius 2 is 1.59 bits per heavy atom. The molecule has 1 saturated carbocycles. The summed E-state index contributed by atoms with van der Waals surface area (Å²) in [6.45, 7) is 1.72. The van der Waals surface area contributed by atoms with Crippen molar-refractivity contribution < 1.29 is 24.2 Å². The summed E-state index contributed by atoms with van der Waals surface area (Å²) in [5.74, 6) is -2.09. The van der Waals surface area contributed by atoms with Crippen molar-refractivity contribution in [3.63, 3.8) is 0 Å². The predicted molar refractivity (Wildman–Crippen MR) is 119 cm³/mol. The van der Waals surface area contributed by atoms with Crippen molar-refractivity contribution in [2.75, 3.05) is 13.2 Å². The van der Waals surface area contributed by atoms with Crippen LogP contribution in [-0.4, -0.2) is 41.8 Å². The molecule has 0 bridgehead atoms. The Morgan fingerprint density at radius 3 is 2.16 bits per heavy atom. The number of alkyl carbamates (subject to hydrolysis) is 1. The molecule has 3 N–H and O–H groups in total. The largest absolute Gasteiger partial charge is 0.481 e. The third-order valence-corrected chi connectivity index (χ3v) is 6.57. The number of hydrogen-bond acceptors (Lipinski definition) is 4. The number of carboxylic acid groups (broad SMARTS) is 1. The molecule has 2 aliphatic rings. The highest BCUT2D eigenvalue weighted by Crippen LogP contribution is 2.44. The lowest BCUT2D eigenvalue weighted by Gasteiger charge is -2.29. The van der Waals surface area contributed by atoms with Gasteiger partial charge in [0.2, 0.25) is 5.91 Å². The van der Waals surface area contributed by atoms with Crippen LogP contribution in [0.1, 0.15) is 49.7 Å². The summed E-state index contributed by atoms with van der Waals surface area (Å²) in [7, 11) is 0. The van der Waals surface area contributed by atoms with Gasteiger partial charge in [0.25, 0.3) is 0 Å². The highest BCUT2D eigenvalue weighted by molar-refractivity contribution is 5.90. The van der Waals surface area contributed by atoms with Crippen LogP contribution in [0.5, 0.6) is 0 Å². The van der Waals surface area contributed by atoms with E-state index in [4.69, 9.17) is 9.84 Å². The molecule has 32 heavy (non-hydrogen) atoms. The van der Waals surface area contributed by atoms with E-state index in [1.165, 1.54) is 6.92 Å². The van der Waals surface area contributed by atoms with E-state index < -0.39 is 23.5 Å². The number of fused-ring (bicyclic) bond motifs is 3. The van der Waals surface area contributed by atoms with Crippen LogP contribution in [0.15, 0.2) is 48.5 Å². The number of carbonyl (C=O) groups excluding carboxylic acids is 2. The first-order chi connectivity index (χ1) is 15.4. The van der Waals surface area contributed by atoms with Crippen LogP contribution < -0.4 is 10.6 Å². The fourth-order valence-corrected chi connectivity index (χ4v) is 4.72. The number of rotatable bonds is 7. The van der Waals surface area contributed by atoms with Gasteiger partial charge in [-0.05, 0) is 35.1 Å². The summed E-state index contributed by atoms with van der Waals surface area (Å²) in [5.41, 5.74) is 3.49. The van der Waals surface area contributed by atoms with Crippen LogP contribution >= 0.6 is 0 Å². The van der Waals surface area contributed by atoms with Gasteiger partial charge < -0.3 is 20.5 Å². The van der Waals surface area contributed by atoms with E-state index in [0.717, 1.165) is 35.1 Å². The quantitative estimate of drug-likeness (QED) is 0.614. The average molecular weight is 437 g/mol. The summed E-state index contributed by atoms with van der Waals surface area (Å²) in [4.78, 5) is 36.6. The minimum atomic E-state index is -1.05. The zero-order valence-corrected chi connectivity index (χ0v) is 18.1. The molecular weight excluding hydrogens is 408 g/mol. The van der Waals surface area contributed by atoms with E-state index in [-0.39, 0.29) is 25.0 Å². The first kappa shape index (κ1) is 21.9. The zero-order valence-electron chi connectivity index (χ0n) is 18.1. The molecule has 1 fully saturated rings. The van der Waals surface area contributed by atoms with Crippen LogP contribution in [0, 0.1) is 5.92 Å². The lowest BCUT2D eigenvalue weighted by Crippen LogP contribution is -2.58. The zero-order chi connectivity index (χ0) is 22.7. The molecule has 0 heterocycles. The number of amides is 2. The van der Waals surface area contributed by atoms with Gasteiger partial charge in [0.15, 0.2) is 0 Å². The van der Waals surface area contributed by atoms with Gasteiger partial charge in [0, 0.05) is 12.5 Å². The van der Waals surface area contributed by atoms with Gasteiger partial charge in [0.1, 0.15) is 12.1 Å². The molecule has 2 aliphatic carbocycles. The molecule has 4 rings (SSSR count). The lowest BCUT2D eigenvalue weighted by molar-refractivity contribution is -0.141. The number of carboxylic acids is 1. The maximum atomic E-state index is 12.8. The Morgan fingerprint density at radius 1 is 1.03 bits per heavy atom. The molecule has 0 spiro atoms. The van der Waals surface area contributed by atoms with Gasteiger partial charge in [0.05, 0.1) is 5.92 Å². The molecular formula is C25H28N2O5. The first-order valence-electron chi connectivity index (χ1n) is 11.1.